The van der Waals surface area contributed by atoms with Gasteiger partial charge in [-0.25, -0.2) is 4.90 Å². The molecular formula is C26H21Cl2N3O5. The van der Waals surface area contributed by atoms with E-state index in [9.17, 15) is 14.4 Å². The van der Waals surface area contributed by atoms with Gasteiger partial charge in [0.05, 0.1) is 25.6 Å². The highest BCUT2D eigenvalue weighted by Crippen LogP contribution is 2.34. The average Bonchev–Trinajstić information content (AvgIpc) is 3.08. The highest BCUT2D eigenvalue weighted by molar-refractivity contribution is 6.53. The van der Waals surface area contributed by atoms with Gasteiger partial charge >= 0.3 is 0 Å². The van der Waals surface area contributed by atoms with Gasteiger partial charge in [0.25, 0.3) is 17.7 Å². The van der Waals surface area contributed by atoms with E-state index in [4.69, 9.17) is 32.7 Å². The van der Waals surface area contributed by atoms with Crippen molar-refractivity contribution < 1.29 is 23.9 Å². The summed E-state index contributed by atoms with van der Waals surface area (Å²) in [5.74, 6) is -0.719. The Bertz CT molecular complexity index is 1420. The molecule has 0 atom stereocenters. The smallest absolute Gasteiger partial charge is 0.283 e. The fraction of sp³-hybridized carbons (Fsp3) is 0.115. The summed E-state index contributed by atoms with van der Waals surface area (Å²) in [6, 6.07) is 16.4. The predicted octanol–water partition coefficient (Wildman–Crippen LogP) is 5.35. The van der Waals surface area contributed by atoms with Crippen molar-refractivity contribution in [3.63, 3.8) is 0 Å². The number of nitrogens with zero attached hydrogens (tertiary/aromatic N) is 1. The van der Waals surface area contributed by atoms with Crippen LogP contribution in [-0.4, -0.2) is 31.9 Å². The number of hydrogen-bond donors (Lipinski definition) is 2. The minimum atomic E-state index is -0.673. The Hall–Kier alpha value is -4.01. The Kier molecular flexibility index (Phi) is 7.19. The molecule has 1 heterocycles. The summed E-state index contributed by atoms with van der Waals surface area (Å²) < 4.78 is 10.5. The molecule has 0 aliphatic carbocycles. The van der Waals surface area contributed by atoms with Crippen LogP contribution >= 0.6 is 23.2 Å². The summed E-state index contributed by atoms with van der Waals surface area (Å²) in [6.07, 6.45) is 0. The van der Waals surface area contributed by atoms with Crippen LogP contribution in [0.5, 0.6) is 11.5 Å². The molecule has 0 spiro atoms. The van der Waals surface area contributed by atoms with E-state index < -0.39 is 17.7 Å². The number of carbonyl (C=O) groups is 3. The van der Waals surface area contributed by atoms with Crippen LogP contribution < -0.4 is 25.0 Å². The zero-order valence-electron chi connectivity index (χ0n) is 19.5. The second-order valence-corrected chi connectivity index (χ2v) is 8.53. The van der Waals surface area contributed by atoms with Gasteiger partial charge in [0.1, 0.15) is 22.2 Å². The van der Waals surface area contributed by atoms with Crippen molar-refractivity contribution >= 4 is 58.0 Å². The van der Waals surface area contributed by atoms with E-state index in [1.807, 2.05) is 0 Å². The van der Waals surface area contributed by atoms with E-state index in [1.165, 1.54) is 20.3 Å². The van der Waals surface area contributed by atoms with E-state index in [0.29, 0.717) is 44.7 Å². The van der Waals surface area contributed by atoms with Crippen LogP contribution in [0.25, 0.3) is 0 Å². The third kappa shape index (κ3) is 4.73. The van der Waals surface area contributed by atoms with Crippen molar-refractivity contribution in [2.45, 2.75) is 6.92 Å². The van der Waals surface area contributed by atoms with Crippen molar-refractivity contribution in [2.24, 2.45) is 0 Å². The molecule has 1 aliphatic rings. The standard InChI is InChI=1S/C26H21Cl2N3O5/c1-14-18(27)8-5-9-20(14)31-25(33)22(28)23(26(31)34)29-16-7-4-6-15(12-16)24(32)30-19-13-17(35-2)10-11-21(19)36-3/h4-13,29H,1-3H3,(H,30,32). The first-order valence-electron chi connectivity index (χ1n) is 10.7. The van der Waals surface area contributed by atoms with Gasteiger partial charge in [-0.2, -0.15) is 0 Å². The molecule has 36 heavy (non-hydrogen) atoms. The van der Waals surface area contributed by atoms with Gasteiger partial charge in [-0.1, -0.05) is 35.3 Å². The van der Waals surface area contributed by atoms with Crippen molar-refractivity contribution in [1.29, 1.82) is 0 Å². The molecule has 0 saturated carbocycles. The Morgan fingerprint density at radius 2 is 1.67 bits per heavy atom. The molecule has 0 radical (unpaired) electrons. The quantitative estimate of drug-likeness (QED) is 0.403. The summed E-state index contributed by atoms with van der Waals surface area (Å²) in [5.41, 5.74) is 1.91. The Morgan fingerprint density at radius 3 is 2.39 bits per heavy atom. The molecule has 3 amide bonds. The maximum Gasteiger partial charge on any atom is 0.283 e. The van der Waals surface area contributed by atoms with Crippen LogP contribution in [0.2, 0.25) is 5.02 Å². The molecule has 2 N–H and O–H groups in total. The minimum Gasteiger partial charge on any atom is -0.497 e. The fourth-order valence-corrected chi connectivity index (χ4v) is 4.04. The molecule has 0 bridgehead atoms. The number of anilines is 3. The van der Waals surface area contributed by atoms with Gasteiger partial charge in [0, 0.05) is 22.3 Å². The van der Waals surface area contributed by atoms with Crippen LogP contribution in [0.3, 0.4) is 0 Å². The highest BCUT2D eigenvalue weighted by Gasteiger charge is 2.39. The molecule has 0 unspecified atom stereocenters. The molecule has 3 aromatic carbocycles. The summed E-state index contributed by atoms with van der Waals surface area (Å²) in [4.78, 5) is 39.9. The van der Waals surface area contributed by atoms with Crippen LogP contribution in [0.4, 0.5) is 17.1 Å². The Balaban J connectivity index is 1.57. The SMILES string of the molecule is COc1ccc(OC)c(NC(=O)c2cccc(NC3=C(Cl)C(=O)N(c4cccc(Cl)c4C)C3=O)c2)c1. The number of ether oxygens (including phenoxy) is 2. The molecule has 184 valence electrons. The maximum atomic E-state index is 13.1. The first-order chi connectivity index (χ1) is 17.2. The molecule has 10 heteroatoms. The van der Waals surface area contributed by atoms with E-state index >= 15 is 0 Å². The van der Waals surface area contributed by atoms with Crippen molar-refractivity contribution in [2.75, 3.05) is 29.8 Å². The third-order valence-electron chi connectivity index (χ3n) is 5.56. The molecule has 0 fully saturated rings. The largest absolute Gasteiger partial charge is 0.497 e. The first kappa shape index (κ1) is 25.1. The first-order valence-corrected chi connectivity index (χ1v) is 11.4. The lowest BCUT2D eigenvalue weighted by Gasteiger charge is -2.18. The van der Waals surface area contributed by atoms with E-state index in [-0.39, 0.29) is 10.7 Å². The summed E-state index contributed by atoms with van der Waals surface area (Å²) in [5, 5.41) is 5.81. The molecule has 1 aliphatic heterocycles. The summed E-state index contributed by atoms with van der Waals surface area (Å²) in [7, 11) is 3.01. The number of nitrogens with one attached hydrogen (secondary N) is 2. The number of imide groups is 1. The van der Waals surface area contributed by atoms with Crippen LogP contribution in [0, 0.1) is 6.92 Å². The molecule has 4 rings (SSSR count). The predicted molar refractivity (Wildman–Crippen MR) is 139 cm³/mol. The topological polar surface area (TPSA) is 97.0 Å². The highest BCUT2D eigenvalue weighted by atomic mass is 35.5. The summed E-state index contributed by atoms with van der Waals surface area (Å²) >= 11 is 12.4. The minimum absolute atomic E-state index is 0.104. The molecular weight excluding hydrogens is 505 g/mol. The lowest BCUT2D eigenvalue weighted by Crippen LogP contribution is -2.32. The van der Waals surface area contributed by atoms with Gasteiger partial charge in [0.15, 0.2) is 0 Å². The zero-order chi connectivity index (χ0) is 26.0. The third-order valence-corrected chi connectivity index (χ3v) is 6.32. The normalized spacial score (nSPS) is 13.2. The Morgan fingerprint density at radius 1 is 0.917 bits per heavy atom. The molecule has 0 saturated heterocycles. The van der Waals surface area contributed by atoms with E-state index in [0.717, 1.165) is 4.90 Å². The van der Waals surface area contributed by atoms with Gasteiger partial charge in [-0.3, -0.25) is 14.4 Å². The number of benzene rings is 3. The zero-order valence-corrected chi connectivity index (χ0v) is 21.0. The lowest BCUT2D eigenvalue weighted by molar-refractivity contribution is -0.120. The second kappa shape index (κ2) is 10.3. The maximum absolute atomic E-state index is 13.1. The van der Waals surface area contributed by atoms with Gasteiger partial charge in [-0.15, -0.1) is 0 Å². The van der Waals surface area contributed by atoms with Gasteiger partial charge < -0.3 is 20.1 Å². The number of halogens is 2. The molecule has 0 aromatic heterocycles. The second-order valence-electron chi connectivity index (χ2n) is 7.74. The number of rotatable bonds is 7. The van der Waals surface area contributed by atoms with Crippen LogP contribution in [0.15, 0.2) is 71.4 Å². The van der Waals surface area contributed by atoms with Gasteiger partial charge in [-0.05, 0) is 55.0 Å². The number of hydrogen-bond acceptors (Lipinski definition) is 6. The van der Waals surface area contributed by atoms with Crippen LogP contribution in [-0.2, 0) is 9.59 Å². The Labute approximate surface area is 217 Å². The van der Waals surface area contributed by atoms with Crippen LogP contribution in [0.1, 0.15) is 15.9 Å². The van der Waals surface area contributed by atoms with E-state index in [1.54, 1.807) is 61.5 Å². The van der Waals surface area contributed by atoms with Gasteiger partial charge in [0.2, 0.25) is 0 Å². The monoisotopic (exact) mass is 525 g/mol. The van der Waals surface area contributed by atoms with Crippen molar-refractivity contribution in [1.82, 2.24) is 0 Å². The van der Waals surface area contributed by atoms with Crippen molar-refractivity contribution in [3.8, 4) is 11.5 Å². The lowest BCUT2D eigenvalue weighted by atomic mass is 10.1. The van der Waals surface area contributed by atoms with Crippen molar-refractivity contribution in [3.05, 3.63) is 87.5 Å². The van der Waals surface area contributed by atoms with E-state index in [2.05, 4.69) is 10.6 Å². The molecule has 3 aromatic rings. The molecule has 8 nitrogen and oxygen atoms in total. The average molecular weight is 526 g/mol. The fourth-order valence-electron chi connectivity index (χ4n) is 3.66. The summed E-state index contributed by atoms with van der Waals surface area (Å²) in [6.45, 7) is 1.71. The number of methoxy groups -OCH3 is 2. The number of amides is 3. The number of carbonyl (C=O) groups excluding carboxylic acids is 3.